The van der Waals surface area contributed by atoms with Crippen molar-refractivity contribution in [2.24, 2.45) is 0 Å². The Morgan fingerprint density at radius 3 is 2.69 bits per heavy atom. The average Bonchev–Trinajstić information content (AvgIpc) is 2.15. The zero-order valence-electron chi connectivity index (χ0n) is 8.31. The molecule has 0 unspecified atom stereocenters. The predicted molar refractivity (Wildman–Crippen MR) is 54.5 cm³/mol. The summed E-state index contributed by atoms with van der Waals surface area (Å²) in [5.41, 5.74) is -0.180. The molecule has 1 aromatic rings. The third kappa shape index (κ3) is 2.63. The van der Waals surface area contributed by atoms with E-state index in [2.05, 4.69) is 0 Å². The van der Waals surface area contributed by atoms with Crippen LogP contribution in [0.3, 0.4) is 0 Å². The molecule has 0 amide bonds. The van der Waals surface area contributed by atoms with Crippen LogP contribution in [0.4, 0.5) is 10.1 Å². The van der Waals surface area contributed by atoms with Gasteiger partial charge < -0.3 is 5.11 Å². The fourth-order valence-electron chi connectivity index (χ4n) is 1.16. The number of hydrogen-bond donors (Lipinski definition) is 1. The zero-order valence-corrected chi connectivity index (χ0v) is 8.31. The van der Waals surface area contributed by atoms with Crippen molar-refractivity contribution < 1.29 is 19.2 Å². The molecule has 0 aliphatic rings. The van der Waals surface area contributed by atoms with Gasteiger partial charge >= 0.3 is 5.97 Å². The SMILES string of the molecule is Cc1cc(F)c(/C=C/C(=O)O)cc1[N+](=O)[O-]. The number of aliphatic carboxylic acids is 1. The first kappa shape index (κ1) is 11.8. The maximum atomic E-state index is 13.3. The van der Waals surface area contributed by atoms with E-state index in [0.29, 0.717) is 0 Å². The van der Waals surface area contributed by atoms with Crippen LogP contribution in [0.1, 0.15) is 11.1 Å². The van der Waals surface area contributed by atoms with Crippen LogP contribution in [0.5, 0.6) is 0 Å². The third-order valence-corrected chi connectivity index (χ3v) is 1.92. The molecule has 0 saturated heterocycles. The van der Waals surface area contributed by atoms with Crippen LogP contribution in [0, 0.1) is 22.9 Å². The van der Waals surface area contributed by atoms with Gasteiger partial charge in [-0.15, -0.1) is 0 Å². The van der Waals surface area contributed by atoms with Crippen molar-refractivity contribution in [3.05, 3.63) is 45.3 Å². The lowest BCUT2D eigenvalue weighted by Gasteiger charge is -2.00. The number of nitrogens with zero attached hydrogens (tertiary/aromatic N) is 1. The van der Waals surface area contributed by atoms with Crippen LogP contribution in [0.15, 0.2) is 18.2 Å². The second kappa shape index (κ2) is 4.52. The van der Waals surface area contributed by atoms with Gasteiger partial charge in [-0.3, -0.25) is 10.1 Å². The van der Waals surface area contributed by atoms with Crippen molar-refractivity contribution in [1.29, 1.82) is 0 Å². The normalized spacial score (nSPS) is 10.6. The lowest BCUT2D eigenvalue weighted by atomic mass is 10.1. The molecule has 5 nitrogen and oxygen atoms in total. The van der Waals surface area contributed by atoms with Gasteiger partial charge in [0, 0.05) is 23.3 Å². The molecule has 0 aliphatic carbocycles. The van der Waals surface area contributed by atoms with Gasteiger partial charge in [-0.1, -0.05) is 0 Å². The summed E-state index contributed by atoms with van der Waals surface area (Å²) in [6.45, 7) is 1.41. The first-order chi connectivity index (χ1) is 7.41. The van der Waals surface area contributed by atoms with Gasteiger partial charge in [-0.05, 0) is 19.1 Å². The molecule has 0 radical (unpaired) electrons. The minimum Gasteiger partial charge on any atom is -0.478 e. The van der Waals surface area contributed by atoms with Crippen molar-refractivity contribution >= 4 is 17.7 Å². The standard InChI is InChI=1S/C10H8FNO4/c1-6-4-8(11)7(2-3-10(13)14)5-9(6)12(15)16/h2-5H,1H3,(H,13,14)/b3-2+. The topological polar surface area (TPSA) is 80.4 Å². The molecule has 0 heterocycles. The molecule has 0 saturated carbocycles. The zero-order chi connectivity index (χ0) is 12.3. The van der Waals surface area contributed by atoms with Crippen LogP contribution >= 0.6 is 0 Å². The Morgan fingerprint density at radius 1 is 1.56 bits per heavy atom. The van der Waals surface area contributed by atoms with E-state index in [1.165, 1.54) is 6.92 Å². The van der Waals surface area contributed by atoms with E-state index in [9.17, 15) is 19.3 Å². The fraction of sp³-hybridized carbons (Fsp3) is 0.100. The number of hydrogen-bond acceptors (Lipinski definition) is 3. The predicted octanol–water partition coefficient (Wildman–Crippen LogP) is 2.14. The Labute approximate surface area is 90.0 Å². The summed E-state index contributed by atoms with van der Waals surface area (Å²) in [7, 11) is 0. The number of rotatable bonds is 3. The summed E-state index contributed by atoms with van der Waals surface area (Å²) < 4.78 is 13.3. The molecule has 0 aliphatic heterocycles. The molecular formula is C10H8FNO4. The van der Waals surface area contributed by atoms with E-state index in [1.807, 2.05) is 0 Å². The first-order valence-electron chi connectivity index (χ1n) is 4.27. The number of halogens is 1. The van der Waals surface area contributed by atoms with E-state index >= 15 is 0 Å². The number of nitro benzene ring substituents is 1. The molecule has 0 atom stereocenters. The van der Waals surface area contributed by atoms with Crippen LogP contribution in [-0.2, 0) is 4.79 Å². The number of carbonyl (C=O) groups is 1. The van der Waals surface area contributed by atoms with E-state index in [1.54, 1.807) is 0 Å². The van der Waals surface area contributed by atoms with Crippen molar-refractivity contribution in [1.82, 2.24) is 0 Å². The maximum absolute atomic E-state index is 13.3. The average molecular weight is 225 g/mol. The largest absolute Gasteiger partial charge is 0.478 e. The molecule has 1 rings (SSSR count). The highest BCUT2D eigenvalue weighted by Gasteiger charge is 2.13. The number of nitro groups is 1. The maximum Gasteiger partial charge on any atom is 0.328 e. The molecule has 6 heteroatoms. The van der Waals surface area contributed by atoms with Gasteiger partial charge in [-0.25, -0.2) is 9.18 Å². The number of carboxylic acid groups (broad SMARTS) is 1. The number of aryl methyl sites for hydroxylation is 1. The highest BCUT2D eigenvalue weighted by molar-refractivity contribution is 5.85. The molecule has 0 fully saturated rings. The van der Waals surface area contributed by atoms with Crippen molar-refractivity contribution in [2.45, 2.75) is 6.92 Å². The van der Waals surface area contributed by atoms with Crippen molar-refractivity contribution in [2.75, 3.05) is 0 Å². The smallest absolute Gasteiger partial charge is 0.328 e. The van der Waals surface area contributed by atoms with Gasteiger partial charge in [-0.2, -0.15) is 0 Å². The van der Waals surface area contributed by atoms with Crippen molar-refractivity contribution in [3.63, 3.8) is 0 Å². The van der Waals surface area contributed by atoms with E-state index in [0.717, 1.165) is 24.3 Å². The van der Waals surface area contributed by atoms with Gasteiger partial charge in [0.05, 0.1) is 4.92 Å². The minimum atomic E-state index is -1.25. The highest BCUT2D eigenvalue weighted by Crippen LogP contribution is 2.22. The lowest BCUT2D eigenvalue weighted by molar-refractivity contribution is -0.385. The summed E-state index contributed by atoms with van der Waals surface area (Å²) in [6, 6.07) is 2.00. The van der Waals surface area contributed by atoms with Gasteiger partial charge in [0.1, 0.15) is 5.82 Å². The van der Waals surface area contributed by atoms with Crippen LogP contribution < -0.4 is 0 Å². The molecular weight excluding hydrogens is 217 g/mol. The van der Waals surface area contributed by atoms with E-state index < -0.39 is 16.7 Å². The number of benzene rings is 1. The molecule has 0 aromatic heterocycles. The fourth-order valence-corrected chi connectivity index (χ4v) is 1.16. The summed E-state index contributed by atoms with van der Waals surface area (Å²) >= 11 is 0. The van der Waals surface area contributed by atoms with Crippen LogP contribution in [-0.4, -0.2) is 16.0 Å². The van der Waals surface area contributed by atoms with E-state index in [-0.39, 0.29) is 16.8 Å². The summed E-state index contributed by atoms with van der Waals surface area (Å²) in [5.74, 6) is -1.94. The highest BCUT2D eigenvalue weighted by atomic mass is 19.1. The summed E-state index contributed by atoms with van der Waals surface area (Å²) in [4.78, 5) is 20.1. The number of carboxylic acids is 1. The van der Waals surface area contributed by atoms with Gasteiger partial charge in [0.2, 0.25) is 0 Å². The van der Waals surface area contributed by atoms with Crippen LogP contribution in [0.25, 0.3) is 6.08 Å². The monoisotopic (exact) mass is 225 g/mol. The first-order valence-corrected chi connectivity index (χ1v) is 4.27. The van der Waals surface area contributed by atoms with Crippen molar-refractivity contribution in [3.8, 4) is 0 Å². The molecule has 16 heavy (non-hydrogen) atoms. The van der Waals surface area contributed by atoms with Gasteiger partial charge in [0.25, 0.3) is 5.69 Å². The molecule has 84 valence electrons. The Hall–Kier alpha value is -2.24. The minimum absolute atomic E-state index is 0.125. The Bertz CT molecular complexity index is 482. The van der Waals surface area contributed by atoms with E-state index in [4.69, 9.17) is 5.11 Å². The van der Waals surface area contributed by atoms with Crippen LogP contribution in [0.2, 0.25) is 0 Å². The second-order valence-electron chi connectivity index (χ2n) is 3.09. The summed E-state index contributed by atoms with van der Waals surface area (Å²) in [6.07, 6.45) is 1.70. The molecule has 1 N–H and O–H groups in total. The van der Waals surface area contributed by atoms with Gasteiger partial charge in [0.15, 0.2) is 0 Å². The lowest BCUT2D eigenvalue weighted by Crippen LogP contribution is -1.95. The second-order valence-corrected chi connectivity index (χ2v) is 3.09. The quantitative estimate of drug-likeness (QED) is 0.485. The Morgan fingerprint density at radius 2 is 2.19 bits per heavy atom. The third-order valence-electron chi connectivity index (χ3n) is 1.92. The Balaban J connectivity index is 3.25. The Kier molecular flexibility index (Phi) is 3.34. The molecule has 0 bridgehead atoms. The molecule has 1 aromatic carbocycles. The molecule has 0 spiro atoms. The summed E-state index contributed by atoms with van der Waals surface area (Å²) in [5, 5.41) is 18.9.